The van der Waals surface area contributed by atoms with Crippen molar-refractivity contribution < 1.29 is 4.79 Å². The minimum absolute atomic E-state index is 0.0510. The summed E-state index contributed by atoms with van der Waals surface area (Å²) in [5.41, 5.74) is 8.60. The van der Waals surface area contributed by atoms with E-state index in [4.69, 9.17) is 5.73 Å². The number of nitrogens with two attached hydrogens (primary N) is 1. The first-order valence-electron chi connectivity index (χ1n) is 7.15. The summed E-state index contributed by atoms with van der Waals surface area (Å²) in [5, 5.41) is 8.14. The molecule has 1 heterocycles. The van der Waals surface area contributed by atoms with Crippen molar-refractivity contribution >= 4 is 28.1 Å². The molecule has 0 spiro atoms. The highest BCUT2D eigenvalue weighted by atomic mass is 16.1. The highest BCUT2D eigenvalue weighted by molar-refractivity contribution is 6.00. The first-order valence-corrected chi connectivity index (χ1v) is 7.15. The molecule has 0 atom stereocenters. The van der Waals surface area contributed by atoms with Gasteiger partial charge in [-0.2, -0.15) is 0 Å². The van der Waals surface area contributed by atoms with E-state index in [1.165, 1.54) is 0 Å². The van der Waals surface area contributed by atoms with Gasteiger partial charge in [-0.05, 0) is 39.0 Å². The first-order chi connectivity index (χ1) is 9.97. The van der Waals surface area contributed by atoms with E-state index in [1.807, 2.05) is 39.0 Å². The van der Waals surface area contributed by atoms with Gasteiger partial charge in [-0.3, -0.25) is 9.78 Å². The van der Waals surface area contributed by atoms with E-state index < -0.39 is 0 Å². The second kappa shape index (κ2) is 6.43. The Balaban J connectivity index is 2.10. The fourth-order valence-electron chi connectivity index (χ4n) is 2.22. The number of anilines is 2. The number of aryl methyl sites for hydroxylation is 1. The number of benzene rings is 1. The largest absolute Gasteiger partial charge is 0.398 e. The summed E-state index contributed by atoms with van der Waals surface area (Å²) >= 11 is 0. The lowest BCUT2D eigenvalue weighted by molar-refractivity contribution is -0.121. The Morgan fingerprint density at radius 3 is 2.81 bits per heavy atom. The quantitative estimate of drug-likeness (QED) is 0.738. The molecule has 0 aliphatic carbocycles. The molecule has 0 unspecified atom stereocenters. The number of rotatable bonds is 5. The third-order valence-corrected chi connectivity index (χ3v) is 3.19. The van der Waals surface area contributed by atoms with Crippen LogP contribution in [-0.4, -0.2) is 23.5 Å². The number of nitrogens with one attached hydrogen (secondary N) is 2. The minimum Gasteiger partial charge on any atom is -0.398 e. The van der Waals surface area contributed by atoms with Crippen LogP contribution in [0.25, 0.3) is 10.8 Å². The highest BCUT2D eigenvalue weighted by Crippen LogP contribution is 2.28. The third kappa shape index (κ3) is 3.84. The molecular formula is C16H22N4O. The molecule has 0 radical (unpaired) electrons. The summed E-state index contributed by atoms with van der Waals surface area (Å²) in [6.07, 6.45) is 2.23. The molecule has 5 heteroatoms. The molecule has 0 fully saturated rings. The van der Waals surface area contributed by atoms with Crippen LogP contribution < -0.4 is 16.4 Å². The van der Waals surface area contributed by atoms with E-state index in [9.17, 15) is 4.79 Å². The van der Waals surface area contributed by atoms with Gasteiger partial charge in [0.05, 0.1) is 0 Å². The van der Waals surface area contributed by atoms with Crippen molar-refractivity contribution in [3.63, 3.8) is 0 Å². The van der Waals surface area contributed by atoms with Crippen molar-refractivity contribution in [2.75, 3.05) is 17.6 Å². The lowest BCUT2D eigenvalue weighted by Gasteiger charge is -2.12. The van der Waals surface area contributed by atoms with Gasteiger partial charge in [0.15, 0.2) is 0 Å². The Morgan fingerprint density at radius 2 is 2.10 bits per heavy atom. The second-order valence-electron chi connectivity index (χ2n) is 5.47. The average Bonchev–Trinajstić information content (AvgIpc) is 2.40. The topological polar surface area (TPSA) is 80.0 Å². The van der Waals surface area contributed by atoms with Crippen LogP contribution in [-0.2, 0) is 4.79 Å². The number of pyridine rings is 1. The molecule has 2 rings (SSSR count). The van der Waals surface area contributed by atoms with Gasteiger partial charge in [0.2, 0.25) is 5.91 Å². The minimum atomic E-state index is 0.0510. The van der Waals surface area contributed by atoms with Crippen molar-refractivity contribution in [1.29, 1.82) is 0 Å². The third-order valence-electron chi connectivity index (χ3n) is 3.19. The maximum absolute atomic E-state index is 11.6. The van der Waals surface area contributed by atoms with Crippen LogP contribution in [0, 0.1) is 6.92 Å². The van der Waals surface area contributed by atoms with E-state index in [0.29, 0.717) is 18.7 Å². The van der Waals surface area contributed by atoms with Crippen molar-refractivity contribution in [2.24, 2.45) is 0 Å². The molecule has 0 aliphatic heterocycles. The zero-order chi connectivity index (χ0) is 15.4. The van der Waals surface area contributed by atoms with Crippen LogP contribution in [0.2, 0.25) is 0 Å². The predicted molar refractivity (Wildman–Crippen MR) is 87.3 cm³/mol. The summed E-state index contributed by atoms with van der Waals surface area (Å²) in [7, 11) is 0. The number of nitrogen functional groups attached to an aromatic ring is 1. The summed E-state index contributed by atoms with van der Waals surface area (Å²) < 4.78 is 0. The van der Waals surface area contributed by atoms with Gasteiger partial charge < -0.3 is 16.4 Å². The van der Waals surface area contributed by atoms with Gasteiger partial charge in [-0.15, -0.1) is 0 Å². The first kappa shape index (κ1) is 15.1. The summed E-state index contributed by atoms with van der Waals surface area (Å²) in [6, 6.07) is 5.97. The van der Waals surface area contributed by atoms with Gasteiger partial charge in [0.1, 0.15) is 0 Å². The number of hydrogen-bond donors (Lipinski definition) is 3. The van der Waals surface area contributed by atoms with Crippen LogP contribution in [0.3, 0.4) is 0 Å². The van der Waals surface area contributed by atoms with Gasteiger partial charge in [0.25, 0.3) is 0 Å². The number of aromatic nitrogens is 1. The fourth-order valence-corrected chi connectivity index (χ4v) is 2.22. The van der Waals surface area contributed by atoms with E-state index in [-0.39, 0.29) is 11.9 Å². The Kier molecular flexibility index (Phi) is 4.62. The summed E-state index contributed by atoms with van der Waals surface area (Å²) in [5.74, 6) is 0.0510. The van der Waals surface area contributed by atoms with Crippen molar-refractivity contribution in [3.8, 4) is 0 Å². The van der Waals surface area contributed by atoms with Crippen LogP contribution in [0.5, 0.6) is 0 Å². The number of carbonyl (C=O) groups excluding carboxylic acids is 1. The fraction of sp³-hybridized carbons (Fsp3) is 0.375. The Morgan fingerprint density at radius 1 is 1.33 bits per heavy atom. The molecule has 112 valence electrons. The second-order valence-corrected chi connectivity index (χ2v) is 5.47. The van der Waals surface area contributed by atoms with Crippen LogP contribution in [0.1, 0.15) is 26.0 Å². The van der Waals surface area contributed by atoms with E-state index in [1.54, 1.807) is 6.20 Å². The van der Waals surface area contributed by atoms with Gasteiger partial charge in [-0.1, -0.05) is 0 Å². The molecule has 1 amide bonds. The summed E-state index contributed by atoms with van der Waals surface area (Å²) in [4.78, 5) is 15.9. The molecule has 1 aromatic heterocycles. The van der Waals surface area contributed by atoms with E-state index >= 15 is 0 Å². The highest BCUT2D eigenvalue weighted by Gasteiger charge is 2.07. The van der Waals surface area contributed by atoms with Crippen molar-refractivity contribution in [2.45, 2.75) is 33.2 Å². The zero-order valence-corrected chi connectivity index (χ0v) is 12.7. The number of amides is 1. The van der Waals surface area contributed by atoms with Crippen molar-refractivity contribution in [1.82, 2.24) is 10.3 Å². The molecular weight excluding hydrogens is 264 g/mol. The lowest BCUT2D eigenvalue weighted by Crippen LogP contribution is -2.31. The molecule has 5 nitrogen and oxygen atoms in total. The Bertz CT molecular complexity index is 652. The molecule has 2 aromatic rings. The van der Waals surface area contributed by atoms with Gasteiger partial charge >= 0.3 is 0 Å². The molecule has 1 aromatic carbocycles. The van der Waals surface area contributed by atoms with E-state index in [2.05, 4.69) is 15.6 Å². The molecule has 0 aliphatic rings. The van der Waals surface area contributed by atoms with Gasteiger partial charge in [-0.25, -0.2) is 0 Å². The van der Waals surface area contributed by atoms with Crippen molar-refractivity contribution in [3.05, 3.63) is 30.1 Å². The van der Waals surface area contributed by atoms with Crippen LogP contribution in [0.15, 0.2) is 24.4 Å². The Labute approximate surface area is 124 Å². The zero-order valence-electron chi connectivity index (χ0n) is 12.7. The SMILES string of the molecule is Cc1cc2c(NCCC(=O)NC(C)C)ccc(N)c2cn1. The predicted octanol–water partition coefficient (Wildman–Crippen LogP) is 2.45. The molecule has 0 saturated carbocycles. The Hall–Kier alpha value is -2.30. The van der Waals surface area contributed by atoms with E-state index in [0.717, 1.165) is 22.2 Å². The van der Waals surface area contributed by atoms with Crippen LogP contribution >= 0.6 is 0 Å². The monoisotopic (exact) mass is 286 g/mol. The number of fused-ring (bicyclic) bond motifs is 1. The van der Waals surface area contributed by atoms with Gasteiger partial charge in [0, 0.05) is 53.0 Å². The smallest absolute Gasteiger partial charge is 0.221 e. The maximum Gasteiger partial charge on any atom is 0.221 e. The normalized spacial score (nSPS) is 10.9. The number of hydrogen-bond acceptors (Lipinski definition) is 4. The molecule has 0 bridgehead atoms. The average molecular weight is 286 g/mol. The maximum atomic E-state index is 11.6. The number of carbonyl (C=O) groups is 1. The number of nitrogens with zero attached hydrogens (tertiary/aromatic N) is 1. The van der Waals surface area contributed by atoms with Crippen LogP contribution in [0.4, 0.5) is 11.4 Å². The molecule has 21 heavy (non-hydrogen) atoms. The standard InChI is InChI=1S/C16H22N4O/c1-10(2)20-16(21)6-7-18-15-5-4-14(17)13-9-19-11(3)8-12(13)15/h4-5,8-10,18H,6-7,17H2,1-3H3,(H,20,21). The molecule has 0 saturated heterocycles. The lowest BCUT2D eigenvalue weighted by atomic mass is 10.1. The summed E-state index contributed by atoms with van der Waals surface area (Å²) in [6.45, 7) is 6.44. The molecule has 4 N–H and O–H groups in total.